The minimum Gasteiger partial charge on any atom is -0.330 e. The molecule has 1 amide bonds. The van der Waals surface area contributed by atoms with E-state index in [0.717, 1.165) is 37.6 Å². The van der Waals surface area contributed by atoms with Crippen LogP contribution < -0.4 is 5.73 Å². The summed E-state index contributed by atoms with van der Waals surface area (Å²) in [7, 11) is 0. The first-order valence-electron chi connectivity index (χ1n) is 5.85. The third-order valence-electron chi connectivity index (χ3n) is 2.94. The van der Waals surface area contributed by atoms with Crippen LogP contribution in [0, 0.1) is 0 Å². The molecule has 0 aliphatic carbocycles. The van der Waals surface area contributed by atoms with Crippen molar-refractivity contribution in [3.63, 3.8) is 0 Å². The maximum Gasteiger partial charge on any atom is 0.239 e. The fourth-order valence-electron chi connectivity index (χ4n) is 2.03. The number of hydrogen-bond acceptors (Lipinski definition) is 5. The molecular formula is C10H18IN3OS2. The largest absolute Gasteiger partial charge is 0.330 e. The van der Waals surface area contributed by atoms with Crippen LogP contribution in [0.3, 0.4) is 0 Å². The molecule has 0 spiro atoms. The second-order valence-corrected chi connectivity index (χ2v) is 10.0. The molecule has 98 valence electrons. The molecule has 1 unspecified atom stereocenters. The average molecular weight is 387 g/mol. The van der Waals surface area contributed by atoms with Gasteiger partial charge in [0.2, 0.25) is 5.91 Å². The van der Waals surface area contributed by atoms with E-state index in [0.29, 0.717) is 13.1 Å². The second-order valence-electron chi connectivity index (χ2n) is 4.17. The lowest BCUT2D eigenvalue weighted by atomic mass is 10.3. The summed E-state index contributed by atoms with van der Waals surface area (Å²) in [6.45, 7) is 4.09. The number of nitrogens with zero attached hydrogens (tertiary/aromatic N) is 2. The molecule has 2 heterocycles. The van der Waals surface area contributed by atoms with Gasteiger partial charge in [-0.25, -0.2) is 0 Å². The quantitative estimate of drug-likeness (QED) is 0.445. The highest BCUT2D eigenvalue weighted by Crippen LogP contribution is 2.50. The first-order valence-corrected chi connectivity index (χ1v) is 8.90. The number of nitrogens with two attached hydrogens (primary N) is 1. The molecule has 2 saturated heterocycles. The van der Waals surface area contributed by atoms with Gasteiger partial charge in [-0.2, -0.15) is 0 Å². The smallest absolute Gasteiger partial charge is 0.239 e. The van der Waals surface area contributed by atoms with Crippen LogP contribution in [0.25, 0.3) is 0 Å². The first kappa shape index (κ1) is 14.2. The van der Waals surface area contributed by atoms with E-state index >= 15 is 0 Å². The van der Waals surface area contributed by atoms with Crippen LogP contribution in [0.1, 0.15) is 6.42 Å². The zero-order chi connectivity index (χ0) is 12.3. The standard InChI is InChI=1S/C10H18IN3OS2/c11-10-14(5-7-17-10)9(15)8-13(3-1-2-12)4-6-16-10/h1-8,12H2. The maximum absolute atomic E-state index is 12.2. The van der Waals surface area contributed by atoms with Crippen molar-refractivity contribution in [3.8, 4) is 0 Å². The Morgan fingerprint density at radius 1 is 1.35 bits per heavy atom. The molecule has 2 fully saturated rings. The molecule has 1 atom stereocenters. The normalized spacial score (nSPS) is 31.2. The van der Waals surface area contributed by atoms with Crippen molar-refractivity contribution < 1.29 is 4.79 Å². The summed E-state index contributed by atoms with van der Waals surface area (Å²) in [6, 6.07) is 0. The number of rotatable bonds is 3. The Kier molecular flexibility index (Phi) is 5.29. The van der Waals surface area contributed by atoms with Crippen LogP contribution >= 0.6 is 46.1 Å². The van der Waals surface area contributed by atoms with E-state index in [-0.39, 0.29) is 8.12 Å². The topological polar surface area (TPSA) is 49.6 Å². The van der Waals surface area contributed by atoms with Crippen molar-refractivity contribution in [1.82, 2.24) is 9.80 Å². The third-order valence-corrected chi connectivity index (χ3v) is 8.03. The van der Waals surface area contributed by atoms with Gasteiger partial charge in [-0.3, -0.25) is 9.69 Å². The van der Waals surface area contributed by atoms with Crippen molar-refractivity contribution in [2.24, 2.45) is 5.73 Å². The number of carbonyl (C=O) groups is 1. The van der Waals surface area contributed by atoms with Crippen LogP contribution in [0.5, 0.6) is 0 Å². The van der Waals surface area contributed by atoms with Gasteiger partial charge in [0.15, 0.2) is 2.21 Å². The molecule has 0 aromatic carbocycles. The zero-order valence-corrected chi connectivity index (χ0v) is 13.5. The average Bonchev–Trinajstić information content (AvgIpc) is 2.65. The minimum absolute atomic E-state index is 0.0468. The summed E-state index contributed by atoms with van der Waals surface area (Å²) in [5.41, 5.74) is 5.53. The van der Waals surface area contributed by atoms with Crippen LogP contribution in [-0.4, -0.2) is 62.1 Å². The fraction of sp³-hybridized carbons (Fsp3) is 0.900. The highest BCUT2D eigenvalue weighted by Gasteiger charge is 2.43. The van der Waals surface area contributed by atoms with E-state index in [2.05, 4.69) is 27.5 Å². The summed E-state index contributed by atoms with van der Waals surface area (Å²) in [6.07, 6.45) is 0.974. The van der Waals surface area contributed by atoms with Gasteiger partial charge in [0.1, 0.15) is 0 Å². The molecule has 0 radical (unpaired) electrons. The molecule has 2 aliphatic rings. The Balaban J connectivity index is 1.98. The summed E-state index contributed by atoms with van der Waals surface area (Å²) in [5.74, 6) is 2.42. The summed E-state index contributed by atoms with van der Waals surface area (Å²) in [4.78, 5) is 16.5. The van der Waals surface area contributed by atoms with E-state index in [1.54, 1.807) is 0 Å². The molecular weight excluding hydrogens is 369 g/mol. The number of thioether (sulfide) groups is 2. The zero-order valence-electron chi connectivity index (χ0n) is 9.73. The van der Waals surface area contributed by atoms with E-state index in [9.17, 15) is 4.79 Å². The SMILES string of the molecule is NCCCN1CCSC2(I)SCCN2C(=O)C1. The minimum atomic E-state index is -0.0468. The number of hydrogen-bond donors (Lipinski definition) is 1. The lowest BCUT2D eigenvalue weighted by molar-refractivity contribution is -0.131. The lowest BCUT2D eigenvalue weighted by Crippen LogP contribution is -2.48. The monoisotopic (exact) mass is 387 g/mol. The lowest BCUT2D eigenvalue weighted by Gasteiger charge is -2.36. The molecule has 0 saturated carbocycles. The predicted molar refractivity (Wildman–Crippen MR) is 83.5 cm³/mol. The van der Waals surface area contributed by atoms with Crippen LogP contribution in [-0.2, 0) is 4.79 Å². The van der Waals surface area contributed by atoms with Gasteiger partial charge < -0.3 is 10.6 Å². The van der Waals surface area contributed by atoms with E-state index in [4.69, 9.17) is 5.73 Å². The van der Waals surface area contributed by atoms with Gasteiger partial charge >= 0.3 is 0 Å². The molecule has 4 nitrogen and oxygen atoms in total. The van der Waals surface area contributed by atoms with Crippen molar-refractivity contribution in [3.05, 3.63) is 0 Å². The molecule has 2 rings (SSSR count). The van der Waals surface area contributed by atoms with Gasteiger partial charge in [0.05, 0.1) is 6.54 Å². The molecule has 17 heavy (non-hydrogen) atoms. The Labute approximate surface area is 125 Å². The molecule has 0 aromatic rings. The van der Waals surface area contributed by atoms with Crippen LogP contribution in [0.4, 0.5) is 0 Å². The number of halogens is 1. The van der Waals surface area contributed by atoms with Gasteiger partial charge in [-0.05, 0) is 42.1 Å². The third kappa shape index (κ3) is 3.43. The predicted octanol–water partition coefficient (Wildman–Crippen LogP) is 1.01. The molecule has 0 aromatic heterocycles. The molecule has 7 heteroatoms. The van der Waals surface area contributed by atoms with Gasteiger partial charge in [-0.15, -0.1) is 23.5 Å². The van der Waals surface area contributed by atoms with E-state index < -0.39 is 0 Å². The number of alkyl halides is 1. The van der Waals surface area contributed by atoms with Crippen molar-refractivity contribution in [2.75, 3.05) is 44.2 Å². The second kappa shape index (κ2) is 6.31. The fourth-order valence-corrected chi connectivity index (χ4v) is 6.52. The Morgan fingerprint density at radius 3 is 2.76 bits per heavy atom. The Hall–Kier alpha value is 0.820. The van der Waals surface area contributed by atoms with Crippen molar-refractivity contribution in [2.45, 2.75) is 8.63 Å². The van der Waals surface area contributed by atoms with E-state index in [1.807, 2.05) is 28.4 Å². The Morgan fingerprint density at radius 2 is 2.06 bits per heavy atom. The summed E-state index contributed by atoms with van der Waals surface area (Å²) < 4.78 is -0.0468. The van der Waals surface area contributed by atoms with Gasteiger partial charge in [0, 0.05) is 24.6 Å². The first-order chi connectivity index (χ1) is 8.15. The van der Waals surface area contributed by atoms with Crippen LogP contribution in [0.15, 0.2) is 0 Å². The van der Waals surface area contributed by atoms with Gasteiger partial charge in [-0.1, -0.05) is 0 Å². The summed E-state index contributed by atoms with van der Waals surface area (Å²) >= 11 is 6.21. The summed E-state index contributed by atoms with van der Waals surface area (Å²) in [5, 5.41) is 0. The number of fused-ring (bicyclic) bond motifs is 1. The highest BCUT2D eigenvalue weighted by molar-refractivity contribution is 14.1. The van der Waals surface area contributed by atoms with E-state index in [1.165, 1.54) is 0 Å². The number of carbonyl (C=O) groups excluding carboxylic acids is 1. The molecule has 0 bridgehead atoms. The molecule has 2 N–H and O–H groups in total. The molecule has 2 aliphatic heterocycles. The number of amides is 1. The maximum atomic E-state index is 12.2. The van der Waals surface area contributed by atoms with Gasteiger partial charge in [0.25, 0.3) is 0 Å². The van der Waals surface area contributed by atoms with Crippen molar-refractivity contribution in [1.29, 1.82) is 0 Å². The van der Waals surface area contributed by atoms with Crippen molar-refractivity contribution >= 4 is 52.0 Å². The highest BCUT2D eigenvalue weighted by atomic mass is 127. The van der Waals surface area contributed by atoms with Crippen LogP contribution in [0.2, 0.25) is 0 Å². The Bertz CT molecular complexity index is 295.